The Hall–Kier alpha value is -3.77. The number of hydrogen-bond donors (Lipinski definition) is 1. The molecule has 4 aromatic carbocycles. The fourth-order valence-electron chi connectivity index (χ4n) is 4.67. The highest BCUT2D eigenvalue weighted by molar-refractivity contribution is 7.92. The summed E-state index contributed by atoms with van der Waals surface area (Å²) in [5.74, 6) is -1.46. The molecule has 1 atom stereocenters. The zero-order valence-electron chi connectivity index (χ0n) is 24.1. The highest BCUT2D eigenvalue weighted by Crippen LogP contribution is 2.37. The average molecular weight is 713 g/mol. The average Bonchev–Trinajstić information content (AvgIpc) is 3.03. The Bertz CT molecular complexity index is 1810. The molecular weight excluding hydrogens is 686 g/mol. The van der Waals surface area contributed by atoms with Crippen molar-refractivity contribution in [1.82, 2.24) is 10.2 Å². The second kappa shape index (κ2) is 14.8. The van der Waals surface area contributed by atoms with Gasteiger partial charge in [-0.1, -0.05) is 89.4 Å². The lowest BCUT2D eigenvalue weighted by Crippen LogP contribution is -2.53. The SMILES string of the molecule is CNC(=O)[C@H](Cc1ccccc1)N(Cc1ccc(Cl)c(Cl)c1)C(=O)CN(c1cc(C(F)(F)F)ccc1Cl)S(=O)(=O)c1ccccc1. The van der Waals surface area contributed by atoms with E-state index in [9.17, 15) is 31.2 Å². The molecule has 1 N–H and O–H groups in total. The second-order valence-electron chi connectivity index (χ2n) is 10.1. The number of carbonyl (C=O) groups is 2. The van der Waals surface area contributed by atoms with Gasteiger partial charge in [-0.05, 0) is 53.6 Å². The van der Waals surface area contributed by atoms with Crippen molar-refractivity contribution in [2.24, 2.45) is 0 Å². The molecule has 0 fully saturated rings. The molecule has 0 aliphatic carbocycles. The zero-order chi connectivity index (χ0) is 33.6. The molecular formula is C32H27Cl3F3N3O4S. The first-order valence-electron chi connectivity index (χ1n) is 13.7. The maximum atomic E-state index is 14.3. The van der Waals surface area contributed by atoms with Gasteiger partial charge in [0, 0.05) is 20.0 Å². The number of carbonyl (C=O) groups excluding carboxylic acids is 2. The Labute approximate surface area is 279 Å². The molecule has 0 heterocycles. The Morgan fingerprint density at radius 3 is 2.00 bits per heavy atom. The van der Waals surface area contributed by atoms with E-state index in [2.05, 4.69) is 5.32 Å². The Morgan fingerprint density at radius 1 is 0.804 bits per heavy atom. The molecule has 0 saturated heterocycles. The standard InChI is InChI=1S/C32H27Cl3F3N3O4S/c1-39-31(43)29(17-21-8-4-2-5-9-21)40(19-22-12-14-25(33)27(35)16-22)30(42)20-41(46(44,45)24-10-6-3-7-11-24)28-18-23(32(36,37)38)13-15-26(28)34/h2-16,18,29H,17,19-20H2,1H3,(H,39,43)/t29-/m0/s1. The van der Waals surface area contributed by atoms with Crippen LogP contribution >= 0.6 is 34.8 Å². The molecule has 0 aliphatic rings. The largest absolute Gasteiger partial charge is 0.416 e. The van der Waals surface area contributed by atoms with Crippen LogP contribution in [0.3, 0.4) is 0 Å². The van der Waals surface area contributed by atoms with Gasteiger partial charge >= 0.3 is 6.18 Å². The van der Waals surface area contributed by atoms with Gasteiger partial charge in [-0.25, -0.2) is 8.42 Å². The van der Waals surface area contributed by atoms with Crippen LogP contribution in [0.5, 0.6) is 0 Å². The number of rotatable bonds is 11. The van der Waals surface area contributed by atoms with Crippen molar-refractivity contribution in [3.05, 3.63) is 129 Å². The Balaban J connectivity index is 1.86. The maximum absolute atomic E-state index is 14.3. The van der Waals surface area contributed by atoms with Crippen molar-refractivity contribution >= 4 is 62.3 Å². The number of anilines is 1. The minimum atomic E-state index is -4.84. The van der Waals surface area contributed by atoms with Crippen LogP contribution in [-0.4, -0.2) is 44.8 Å². The molecule has 0 unspecified atom stereocenters. The minimum Gasteiger partial charge on any atom is -0.357 e. The van der Waals surface area contributed by atoms with Gasteiger partial charge in [-0.2, -0.15) is 13.2 Å². The van der Waals surface area contributed by atoms with Crippen molar-refractivity contribution in [3.63, 3.8) is 0 Å². The lowest BCUT2D eigenvalue weighted by Gasteiger charge is -2.34. The molecule has 0 spiro atoms. The van der Waals surface area contributed by atoms with Gasteiger partial charge < -0.3 is 10.2 Å². The quantitative estimate of drug-likeness (QED) is 0.178. The summed E-state index contributed by atoms with van der Waals surface area (Å²) < 4.78 is 69.8. The molecule has 14 heteroatoms. The van der Waals surface area contributed by atoms with Crippen molar-refractivity contribution in [3.8, 4) is 0 Å². The van der Waals surface area contributed by atoms with Gasteiger partial charge in [-0.15, -0.1) is 0 Å². The molecule has 0 aliphatic heterocycles. The number of alkyl halides is 3. The zero-order valence-corrected chi connectivity index (χ0v) is 27.2. The molecule has 2 amide bonds. The predicted molar refractivity (Wildman–Crippen MR) is 172 cm³/mol. The van der Waals surface area contributed by atoms with Gasteiger partial charge in [0.2, 0.25) is 11.8 Å². The van der Waals surface area contributed by atoms with E-state index < -0.39 is 51.9 Å². The normalized spacial score (nSPS) is 12.3. The summed E-state index contributed by atoms with van der Waals surface area (Å²) in [5.41, 5.74) is -0.590. The highest BCUT2D eigenvalue weighted by Gasteiger charge is 2.37. The molecule has 0 saturated carbocycles. The maximum Gasteiger partial charge on any atom is 0.416 e. The van der Waals surface area contributed by atoms with Crippen molar-refractivity contribution in [2.45, 2.75) is 30.1 Å². The fourth-order valence-corrected chi connectivity index (χ4v) is 6.70. The molecule has 7 nitrogen and oxygen atoms in total. The van der Waals surface area contributed by atoms with Crippen LogP contribution in [0.1, 0.15) is 16.7 Å². The number of sulfonamides is 1. The molecule has 4 rings (SSSR count). The molecule has 46 heavy (non-hydrogen) atoms. The molecule has 0 radical (unpaired) electrons. The highest BCUT2D eigenvalue weighted by atomic mass is 35.5. The van der Waals surface area contributed by atoms with E-state index in [-0.39, 0.29) is 32.9 Å². The number of hydrogen-bond acceptors (Lipinski definition) is 4. The van der Waals surface area contributed by atoms with E-state index in [1.54, 1.807) is 42.5 Å². The van der Waals surface area contributed by atoms with Crippen LogP contribution in [-0.2, 0) is 38.8 Å². The molecule has 0 aromatic heterocycles. The summed E-state index contributed by atoms with van der Waals surface area (Å²) in [6.45, 7) is -1.22. The lowest BCUT2D eigenvalue weighted by atomic mass is 10.0. The number of likely N-dealkylation sites (N-methyl/N-ethyl adjacent to an activating group) is 1. The molecule has 242 valence electrons. The first-order valence-corrected chi connectivity index (χ1v) is 16.2. The second-order valence-corrected chi connectivity index (χ2v) is 13.2. The van der Waals surface area contributed by atoms with E-state index >= 15 is 0 Å². The van der Waals surface area contributed by atoms with Gasteiger partial charge in [-0.3, -0.25) is 13.9 Å². The van der Waals surface area contributed by atoms with Gasteiger partial charge in [0.25, 0.3) is 10.0 Å². The third-order valence-electron chi connectivity index (χ3n) is 7.01. The third kappa shape index (κ3) is 8.33. The summed E-state index contributed by atoms with van der Waals surface area (Å²) in [5, 5.41) is 2.62. The smallest absolute Gasteiger partial charge is 0.357 e. The van der Waals surface area contributed by atoms with Crippen LogP contribution < -0.4 is 9.62 Å². The summed E-state index contributed by atoms with van der Waals surface area (Å²) in [6, 6.07) is 21.3. The van der Waals surface area contributed by atoms with Gasteiger partial charge in [0.1, 0.15) is 12.6 Å². The number of nitrogens with zero attached hydrogens (tertiary/aromatic N) is 2. The number of halogens is 6. The molecule has 4 aromatic rings. The van der Waals surface area contributed by atoms with E-state index in [1.807, 2.05) is 0 Å². The Morgan fingerprint density at radius 2 is 1.41 bits per heavy atom. The predicted octanol–water partition coefficient (Wildman–Crippen LogP) is 7.25. The summed E-state index contributed by atoms with van der Waals surface area (Å²) in [4.78, 5) is 28.5. The van der Waals surface area contributed by atoms with E-state index in [0.717, 1.165) is 11.0 Å². The summed E-state index contributed by atoms with van der Waals surface area (Å²) in [7, 11) is -3.28. The Kier molecular flexibility index (Phi) is 11.3. The van der Waals surface area contributed by atoms with Crippen LogP contribution in [0.4, 0.5) is 18.9 Å². The van der Waals surface area contributed by atoms with Crippen LogP contribution in [0.15, 0.2) is 102 Å². The summed E-state index contributed by atoms with van der Waals surface area (Å²) in [6.07, 6.45) is -4.81. The molecule has 0 bridgehead atoms. The van der Waals surface area contributed by atoms with Crippen LogP contribution in [0, 0.1) is 0 Å². The fraction of sp³-hybridized carbons (Fsp3) is 0.188. The monoisotopic (exact) mass is 711 g/mol. The van der Waals surface area contributed by atoms with Gasteiger partial charge in [0.05, 0.1) is 31.2 Å². The van der Waals surface area contributed by atoms with Crippen LogP contribution in [0.2, 0.25) is 15.1 Å². The van der Waals surface area contributed by atoms with E-state index in [1.165, 1.54) is 43.4 Å². The first-order chi connectivity index (χ1) is 21.7. The van der Waals surface area contributed by atoms with E-state index in [0.29, 0.717) is 27.6 Å². The third-order valence-corrected chi connectivity index (χ3v) is 9.84. The topological polar surface area (TPSA) is 86.8 Å². The number of benzene rings is 4. The summed E-state index contributed by atoms with van der Waals surface area (Å²) >= 11 is 18.6. The number of nitrogens with one attached hydrogen (secondary N) is 1. The van der Waals surface area contributed by atoms with Crippen molar-refractivity contribution in [1.29, 1.82) is 0 Å². The first kappa shape index (κ1) is 35.1. The van der Waals surface area contributed by atoms with Crippen LogP contribution in [0.25, 0.3) is 0 Å². The number of amides is 2. The lowest BCUT2D eigenvalue weighted by molar-refractivity contribution is -0.139. The van der Waals surface area contributed by atoms with Gasteiger partial charge in [0.15, 0.2) is 0 Å². The van der Waals surface area contributed by atoms with Crippen molar-refractivity contribution in [2.75, 3.05) is 17.9 Å². The van der Waals surface area contributed by atoms with Crippen molar-refractivity contribution < 1.29 is 31.2 Å². The van der Waals surface area contributed by atoms with E-state index in [4.69, 9.17) is 34.8 Å². The minimum absolute atomic E-state index is 0.0311.